The molecule has 3 fully saturated rings. The molecule has 5 rings (SSSR count). The summed E-state index contributed by atoms with van der Waals surface area (Å²) in [4.78, 5) is 21.6. The Kier molecular flexibility index (Phi) is 4.60. The van der Waals surface area contributed by atoms with E-state index in [4.69, 9.17) is 4.98 Å². The number of carbonyl (C=O) groups is 1. The molecular formula is C25H35N3O. The van der Waals surface area contributed by atoms with E-state index in [1.165, 1.54) is 37.7 Å². The van der Waals surface area contributed by atoms with Gasteiger partial charge in [-0.2, -0.15) is 0 Å². The summed E-state index contributed by atoms with van der Waals surface area (Å²) in [5, 5.41) is 3.15. The Morgan fingerprint density at radius 3 is 2.83 bits per heavy atom. The van der Waals surface area contributed by atoms with Crippen LogP contribution in [0, 0.1) is 34.5 Å². The molecule has 2 saturated carbocycles. The smallest absolute Gasteiger partial charge is 0.220 e. The SMILES string of the molecule is CCc1cncc(C2=CCC3C4CCC5CC(=O)NCCC5(C)C4CCC23C)n1. The number of nitrogens with zero attached hydrogens (tertiary/aromatic N) is 2. The van der Waals surface area contributed by atoms with E-state index < -0.39 is 0 Å². The van der Waals surface area contributed by atoms with Crippen LogP contribution >= 0.6 is 0 Å². The molecule has 1 N–H and O–H groups in total. The monoisotopic (exact) mass is 393 g/mol. The van der Waals surface area contributed by atoms with Crippen LogP contribution in [-0.4, -0.2) is 22.4 Å². The van der Waals surface area contributed by atoms with Crippen molar-refractivity contribution in [2.24, 2.45) is 34.5 Å². The first kappa shape index (κ1) is 19.3. The Hall–Kier alpha value is -1.71. The summed E-state index contributed by atoms with van der Waals surface area (Å²) in [6.07, 6.45) is 15.4. The maximum atomic E-state index is 12.2. The lowest BCUT2D eigenvalue weighted by Gasteiger charge is -2.58. The number of aromatic nitrogens is 2. The second kappa shape index (κ2) is 6.92. The molecule has 0 aromatic carbocycles. The van der Waals surface area contributed by atoms with E-state index in [9.17, 15) is 4.79 Å². The van der Waals surface area contributed by atoms with Gasteiger partial charge < -0.3 is 5.32 Å². The summed E-state index contributed by atoms with van der Waals surface area (Å²) in [5.74, 6) is 3.09. The number of hydrogen-bond donors (Lipinski definition) is 1. The van der Waals surface area contributed by atoms with Gasteiger partial charge in [0.15, 0.2) is 0 Å². The molecule has 2 heterocycles. The summed E-state index contributed by atoms with van der Waals surface area (Å²) >= 11 is 0. The van der Waals surface area contributed by atoms with Crippen LogP contribution in [0.2, 0.25) is 0 Å². The molecular weight excluding hydrogens is 358 g/mol. The van der Waals surface area contributed by atoms with Crippen LogP contribution in [0.25, 0.3) is 5.57 Å². The van der Waals surface area contributed by atoms with Crippen LogP contribution in [0.3, 0.4) is 0 Å². The topological polar surface area (TPSA) is 54.9 Å². The van der Waals surface area contributed by atoms with Crippen molar-refractivity contribution in [1.29, 1.82) is 0 Å². The predicted octanol–water partition coefficient (Wildman–Crippen LogP) is 4.80. The molecule has 0 spiro atoms. The van der Waals surface area contributed by atoms with Crippen molar-refractivity contribution in [3.05, 3.63) is 29.9 Å². The molecule has 156 valence electrons. The van der Waals surface area contributed by atoms with Gasteiger partial charge in [-0.15, -0.1) is 0 Å². The van der Waals surface area contributed by atoms with Gasteiger partial charge in [-0.3, -0.25) is 9.78 Å². The van der Waals surface area contributed by atoms with Crippen molar-refractivity contribution in [3.8, 4) is 0 Å². The Morgan fingerprint density at radius 2 is 2.00 bits per heavy atom. The highest BCUT2D eigenvalue weighted by atomic mass is 16.1. The molecule has 0 bridgehead atoms. The lowest BCUT2D eigenvalue weighted by molar-refractivity contribution is -0.124. The number of hydrogen-bond acceptors (Lipinski definition) is 3. The van der Waals surface area contributed by atoms with Gasteiger partial charge in [0.1, 0.15) is 0 Å². The highest BCUT2D eigenvalue weighted by molar-refractivity contribution is 5.76. The third kappa shape index (κ3) is 2.89. The van der Waals surface area contributed by atoms with Gasteiger partial charge in [-0.1, -0.05) is 26.8 Å². The molecule has 0 radical (unpaired) electrons. The molecule has 4 heteroatoms. The summed E-state index contributed by atoms with van der Waals surface area (Å²) in [6, 6.07) is 0. The first-order valence-electron chi connectivity index (χ1n) is 11.7. The van der Waals surface area contributed by atoms with E-state index >= 15 is 0 Å². The van der Waals surface area contributed by atoms with Crippen LogP contribution in [0.15, 0.2) is 18.5 Å². The number of nitrogens with one attached hydrogen (secondary N) is 1. The van der Waals surface area contributed by atoms with Crippen molar-refractivity contribution in [3.63, 3.8) is 0 Å². The van der Waals surface area contributed by atoms with E-state index in [1.54, 1.807) is 0 Å². The molecule has 4 aliphatic rings. The fraction of sp³-hybridized carbons (Fsp3) is 0.720. The molecule has 1 amide bonds. The molecule has 6 atom stereocenters. The number of allylic oxidation sites excluding steroid dienone is 2. The maximum absolute atomic E-state index is 12.2. The largest absolute Gasteiger partial charge is 0.356 e. The number of amides is 1. The third-order valence-corrected chi connectivity index (χ3v) is 9.39. The number of rotatable bonds is 2. The number of carbonyl (C=O) groups excluding carboxylic acids is 1. The van der Waals surface area contributed by atoms with Crippen molar-refractivity contribution < 1.29 is 4.79 Å². The van der Waals surface area contributed by atoms with Gasteiger partial charge in [0.2, 0.25) is 5.91 Å². The zero-order valence-corrected chi connectivity index (χ0v) is 18.2. The molecule has 3 aliphatic carbocycles. The highest BCUT2D eigenvalue weighted by Crippen LogP contribution is 2.66. The zero-order valence-electron chi connectivity index (χ0n) is 18.2. The van der Waals surface area contributed by atoms with E-state index in [2.05, 4.69) is 37.1 Å². The van der Waals surface area contributed by atoms with Gasteiger partial charge in [0.05, 0.1) is 17.6 Å². The van der Waals surface area contributed by atoms with Crippen molar-refractivity contribution >= 4 is 11.5 Å². The van der Waals surface area contributed by atoms with E-state index in [1.807, 2.05) is 12.4 Å². The highest BCUT2D eigenvalue weighted by Gasteiger charge is 2.58. The average Bonchev–Trinajstić information content (AvgIpc) is 2.99. The molecule has 4 nitrogen and oxygen atoms in total. The molecule has 1 saturated heterocycles. The second-order valence-corrected chi connectivity index (χ2v) is 10.5. The molecule has 1 aliphatic heterocycles. The molecule has 1 aromatic rings. The summed E-state index contributed by atoms with van der Waals surface area (Å²) in [7, 11) is 0. The number of fused-ring (bicyclic) bond motifs is 5. The Balaban J connectivity index is 1.44. The first-order valence-corrected chi connectivity index (χ1v) is 11.7. The zero-order chi connectivity index (χ0) is 20.2. The summed E-state index contributed by atoms with van der Waals surface area (Å²) in [6.45, 7) is 8.02. The fourth-order valence-electron chi connectivity index (χ4n) is 7.70. The van der Waals surface area contributed by atoms with Crippen LogP contribution in [0.4, 0.5) is 0 Å². The Morgan fingerprint density at radius 1 is 1.14 bits per heavy atom. The third-order valence-electron chi connectivity index (χ3n) is 9.39. The van der Waals surface area contributed by atoms with Crippen LogP contribution in [-0.2, 0) is 11.2 Å². The van der Waals surface area contributed by atoms with E-state index in [-0.39, 0.29) is 11.3 Å². The minimum Gasteiger partial charge on any atom is -0.356 e. The average molecular weight is 394 g/mol. The van der Waals surface area contributed by atoms with Crippen molar-refractivity contribution in [1.82, 2.24) is 15.3 Å². The van der Waals surface area contributed by atoms with E-state index in [0.717, 1.165) is 49.0 Å². The second-order valence-electron chi connectivity index (χ2n) is 10.5. The van der Waals surface area contributed by atoms with Crippen LogP contribution < -0.4 is 5.32 Å². The van der Waals surface area contributed by atoms with Gasteiger partial charge in [-0.05, 0) is 85.0 Å². The maximum Gasteiger partial charge on any atom is 0.220 e. The van der Waals surface area contributed by atoms with Crippen LogP contribution in [0.5, 0.6) is 0 Å². The predicted molar refractivity (Wildman–Crippen MR) is 115 cm³/mol. The first-order chi connectivity index (χ1) is 14.0. The van der Waals surface area contributed by atoms with Gasteiger partial charge in [0.25, 0.3) is 0 Å². The van der Waals surface area contributed by atoms with Gasteiger partial charge in [0, 0.05) is 19.2 Å². The normalized spacial score (nSPS) is 41.5. The quantitative estimate of drug-likeness (QED) is 0.785. The Labute approximate surface area is 175 Å². The lowest BCUT2D eigenvalue weighted by atomic mass is 9.46. The van der Waals surface area contributed by atoms with Gasteiger partial charge >= 0.3 is 0 Å². The summed E-state index contributed by atoms with van der Waals surface area (Å²) < 4.78 is 0. The standard InChI is InChI=1S/C25H35N3O/c1-4-17-14-26-15-22(28-17)21-8-7-19-18-6-5-16-13-23(29)27-12-11-24(16,2)20(18)9-10-25(19,21)3/h8,14-16,18-20H,4-7,9-13H2,1-3H3,(H,27,29). The minimum absolute atomic E-state index is 0.226. The van der Waals surface area contributed by atoms with Crippen molar-refractivity contribution in [2.75, 3.05) is 6.54 Å². The molecule has 29 heavy (non-hydrogen) atoms. The van der Waals surface area contributed by atoms with Crippen molar-refractivity contribution in [2.45, 2.75) is 72.1 Å². The van der Waals surface area contributed by atoms with Crippen LogP contribution in [0.1, 0.15) is 77.1 Å². The lowest BCUT2D eigenvalue weighted by Crippen LogP contribution is -2.51. The van der Waals surface area contributed by atoms with Gasteiger partial charge in [-0.25, -0.2) is 4.98 Å². The van der Waals surface area contributed by atoms with E-state index in [0.29, 0.717) is 17.3 Å². The minimum atomic E-state index is 0.226. The fourth-order valence-corrected chi connectivity index (χ4v) is 7.70. The number of aryl methyl sites for hydroxylation is 1. The summed E-state index contributed by atoms with van der Waals surface area (Å²) in [5.41, 5.74) is 4.19. The Bertz CT molecular complexity index is 848. The molecule has 6 unspecified atom stereocenters. The molecule has 1 aromatic heterocycles.